The van der Waals surface area contributed by atoms with E-state index >= 15 is 0 Å². The monoisotopic (exact) mass is 320 g/mol. The average Bonchev–Trinajstić information content (AvgIpc) is 2.45. The van der Waals surface area contributed by atoms with Crippen molar-refractivity contribution in [3.05, 3.63) is 41.5 Å². The van der Waals surface area contributed by atoms with Crippen LogP contribution in [0.2, 0.25) is 0 Å². The summed E-state index contributed by atoms with van der Waals surface area (Å²) in [5, 5.41) is 11.1. The highest BCUT2D eigenvalue weighted by atomic mass is 32.2. The van der Waals surface area contributed by atoms with E-state index in [2.05, 4.69) is 20.2 Å². The third kappa shape index (κ3) is 4.17. The minimum atomic E-state index is -3.34. The summed E-state index contributed by atoms with van der Waals surface area (Å²) in [5.41, 5.74) is 3.27. The molecule has 7 heteroatoms. The molecule has 6 nitrogen and oxygen atoms in total. The van der Waals surface area contributed by atoms with Gasteiger partial charge in [-0.25, -0.2) is 8.42 Å². The fourth-order valence-electron chi connectivity index (χ4n) is 1.96. The van der Waals surface area contributed by atoms with E-state index < -0.39 is 10.0 Å². The van der Waals surface area contributed by atoms with Gasteiger partial charge in [-0.3, -0.25) is 4.72 Å². The second-order valence-electron chi connectivity index (χ2n) is 5.10. The van der Waals surface area contributed by atoms with Crippen LogP contribution >= 0.6 is 0 Å². The molecule has 0 aliphatic carbocycles. The maximum Gasteiger partial charge on any atom is 0.233 e. The summed E-state index contributed by atoms with van der Waals surface area (Å²) >= 11 is 0. The van der Waals surface area contributed by atoms with Gasteiger partial charge in [0.05, 0.1) is 5.75 Å². The van der Waals surface area contributed by atoms with E-state index in [4.69, 9.17) is 0 Å². The third-order valence-corrected chi connectivity index (χ3v) is 4.73. The summed E-state index contributed by atoms with van der Waals surface area (Å²) in [5.74, 6) is 0.851. The van der Waals surface area contributed by atoms with Crippen molar-refractivity contribution in [1.82, 2.24) is 10.2 Å². The van der Waals surface area contributed by atoms with E-state index in [1.807, 2.05) is 39.0 Å². The highest BCUT2D eigenvalue weighted by molar-refractivity contribution is 7.92. The number of aryl methyl sites for hydroxylation is 1. The third-order valence-electron chi connectivity index (χ3n) is 3.26. The Hall–Kier alpha value is -2.15. The van der Waals surface area contributed by atoms with Crippen LogP contribution in [0.25, 0.3) is 0 Å². The van der Waals surface area contributed by atoms with E-state index in [0.29, 0.717) is 12.2 Å². The number of sulfonamides is 1. The second-order valence-corrected chi connectivity index (χ2v) is 6.94. The molecule has 0 aliphatic heterocycles. The molecule has 1 heterocycles. The summed E-state index contributed by atoms with van der Waals surface area (Å²) < 4.78 is 25.7. The summed E-state index contributed by atoms with van der Waals surface area (Å²) in [6, 6.07) is 9.25. The Balaban J connectivity index is 2.11. The summed E-state index contributed by atoms with van der Waals surface area (Å²) in [6.07, 6.45) is 0.551. The number of nitrogens with one attached hydrogen (secondary N) is 2. The van der Waals surface area contributed by atoms with Crippen molar-refractivity contribution in [2.24, 2.45) is 0 Å². The van der Waals surface area contributed by atoms with Crippen LogP contribution in [-0.2, 0) is 10.0 Å². The standard InChI is InChI=1S/C15H20N4O2S/c1-4-10-22(20,21)19-15-9-8-14(17-18-15)16-13-7-5-6-11(2)12(13)3/h5-9H,4,10H2,1-3H3,(H,16,17)(H,18,19). The minimum Gasteiger partial charge on any atom is -0.339 e. The van der Waals surface area contributed by atoms with Gasteiger partial charge in [0.2, 0.25) is 10.0 Å². The first-order valence-electron chi connectivity index (χ1n) is 7.09. The molecular weight excluding hydrogens is 300 g/mol. The Kier molecular flexibility index (Phi) is 4.97. The highest BCUT2D eigenvalue weighted by Crippen LogP contribution is 2.21. The molecule has 2 N–H and O–H groups in total. The lowest BCUT2D eigenvalue weighted by Crippen LogP contribution is -2.17. The Labute approximate surface area is 131 Å². The molecule has 0 spiro atoms. The predicted molar refractivity (Wildman–Crippen MR) is 88.9 cm³/mol. The molecular formula is C15H20N4O2S. The number of aromatic nitrogens is 2. The maximum absolute atomic E-state index is 11.7. The van der Waals surface area contributed by atoms with Crippen molar-refractivity contribution < 1.29 is 8.42 Å². The van der Waals surface area contributed by atoms with Gasteiger partial charge in [0, 0.05) is 5.69 Å². The van der Waals surface area contributed by atoms with Crippen LogP contribution < -0.4 is 10.0 Å². The Bertz CT molecular complexity index is 743. The Morgan fingerprint density at radius 2 is 1.73 bits per heavy atom. The highest BCUT2D eigenvalue weighted by Gasteiger charge is 2.10. The Morgan fingerprint density at radius 1 is 1.05 bits per heavy atom. The van der Waals surface area contributed by atoms with Crippen molar-refractivity contribution in [2.75, 3.05) is 15.8 Å². The fourth-order valence-corrected chi connectivity index (χ4v) is 3.02. The van der Waals surface area contributed by atoms with E-state index in [9.17, 15) is 8.42 Å². The van der Waals surface area contributed by atoms with Crippen molar-refractivity contribution >= 4 is 27.3 Å². The second kappa shape index (κ2) is 6.74. The van der Waals surface area contributed by atoms with Crippen LogP contribution in [0.4, 0.5) is 17.3 Å². The van der Waals surface area contributed by atoms with Gasteiger partial charge in [-0.1, -0.05) is 19.1 Å². The van der Waals surface area contributed by atoms with Gasteiger partial charge in [0.25, 0.3) is 0 Å². The lowest BCUT2D eigenvalue weighted by molar-refractivity contribution is 0.599. The van der Waals surface area contributed by atoms with Crippen molar-refractivity contribution in [3.63, 3.8) is 0 Å². The van der Waals surface area contributed by atoms with E-state index in [-0.39, 0.29) is 11.6 Å². The number of nitrogens with zero attached hydrogens (tertiary/aromatic N) is 2. The quantitative estimate of drug-likeness (QED) is 0.855. The first-order chi connectivity index (χ1) is 10.4. The molecule has 0 atom stereocenters. The van der Waals surface area contributed by atoms with Gasteiger partial charge in [0.15, 0.2) is 11.6 Å². The summed E-state index contributed by atoms with van der Waals surface area (Å²) in [4.78, 5) is 0. The molecule has 2 rings (SSSR count). The molecule has 0 amide bonds. The molecule has 0 bridgehead atoms. The lowest BCUT2D eigenvalue weighted by Gasteiger charge is -2.11. The largest absolute Gasteiger partial charge is 0.339 e. The van der Waals surface area contributed by atoms with Crippen LogP contribution in [0.15, 0.2) is 30.3 Å². The fraction of sp³-hybridized carbons (Fsp3) is 0.333. The zero-order chi connectivity index (χ0) is 16.2. The molecule has 0 saturated heterocycles. The number of rotatable bonds is 6. The number of anilines is 3. The maximum atomic E-state index is 11.7. The molecule has 1 aromatic carbocycles. The van der Waals surface area contributed by atoms with Gasteiger partial charge < -0.3 is 5.32 Å². The van der Waals surface area contributed by atoms with Crippen molar-refractivity contribution in [3.8, 4) is 0 Å². The van der Waals surface area contributed by atoms with Gasteiger partial charge in [-0.2, -0.15) is 0 Å². The molecule has 2 aromatic rings. The topological polar surface area (TPSA) is 84.0 Å². The minimum absolute atomic E-state index is 0.0666. The zero-order valence-corrected chi connectivity index (χ0v) is 13.7. The first kappa shape index (κ1) is 16.2. The van der Waals surface area contributed by atoms with Gasteiger partial charge >= 0.3 is 0 Å². The SMILES string of the molecule is CCCS(=O)(=O)Nc1ccc(Nc2cccc(C)c2C)nn1. The van der Waals surface area contributed by atoms with E-state index in [1.165, 1.54) is 5.56 Å². The van der Waals surface area contributed by atoms with Crippen LogP contribution in [0.1, 0.15) is 24.5 Å². The zero-order valence-electron chi connectivity index (χ0n) is 12.9. The normalized spacial score (nSPS) is 11.2. The number of hydrogen-bond donors (Lipinski definition) is 2. The number of hydrogen-bond acceptors (Lipinski definition) is 5. The van der Waals surface area contributed by atoms with Crippen LogP contribution in [0, 0.1) is 13.8 Å². The molecule has 0 aliphatic rings. The summed E-state index contributed by atoms with van der Waals surface area (Å²) in [6.45, 7) is 5.87. The van der Waals surface area contributed by atoms with E-state index in [0.717, 1.165) is 11.3 Å². The first-order valence-corrected chi connectivity index (χ1v) is 8.74. The Morgan fingerprint density at radius 3 is 2.36 bits per heavy atom. The van der Waals surface area contributed by atoms with Crippen LogP contribution in [-0.4, -0.2) is 24.4 Å². The molecule has 0 saturated carbocycles. The molecule has 0 fully saturated rings. The van der Waals surface area contributed by atoms with Gasteiger partial charge in [0.1, 0.15) is 0 Å². The summed E-state index contributed by atoms with van der Waals surface area (Å²) in [7, 11) is -3.34. The van der Waals surface area contributed by atoms with Crippen molar-refractivity contribution in [1.29, 1.82) is 0 Å². The molecule has 22 heavy (non-hydrogen) atoms. The van der Waals surface area contributed by atoms with E-state index in [1.54, 1.807) is 12.1 Å². The smallest absolute Gasteiger partial charge is 0.233 e. The van der Waals surface area contributed by atoms with Crippen LogP contribution in [0.3, 0.4) is 0 Å². The molecule has 1 aromatic heterocycles. The van der Waals surface area contributed by atoms with Crippen molar-refractivity contribution in [2.45, 2.75) is 27.2 Å². The predicted octanol–water partition coefficient (Wildman–Crippen LogP) is 2.99. The lowest BCUT2D eigenvalue weighted by atomic mass is 10.1. The number of benzene rings is 1. The average molecular weight is 320 g/mol. The molecule has 118 valence electrons. The molecule has 0 radical (unpaired) electrons. The van der Waals surface area contributed by atoms with Gasteiger partial charge in [-0.05, 0) is 49.6 Å². The molecule has 0 unspecified atom stereocenters. The van der Waals surface area contributed by atoms with Gasteiger partial charge in [-0.15, -0.1) is 10.2 Å². The van der Waals surface area contributed by atoms with Crippen LogP contribution in [0.5, 0.6) is 0 Å².